The van der Waals surface area contributed by atoms with Crippen LogP contribution in [0.25, 0.3) is 11.1 Å². The number of hydrogen-bond donors (Lipinski definition) is 1. The molecular weight excluding hydrogens is 268 g/mol. The van der Waals surface area contributed by atoms with Crippen LogP contribution in [0.15, 0.2) is 36.4 Å². The summed E-state index contributed by atoms with van der Waals surface area (Å²) in [6.07, 6.45) is 1.03. The molecule has 112 valence electrons. The summed E-state index contributed by atoms with van der Waals surface area (Å²) in [5, 5.41) is 3.40. The van der Waals surface area contributed by atoms with Gasteiger partial charge in [0.05, 0.1) is 0 Å². The summed E-state index contributed by atoms with van der Waals surface area (Å²) in [6.45, 7) is 6.76. The van der Waals surface area contributed by atoms with Crippen LogP contribution in [0.4, 0.5) is 8.78 Å². The van der Waals surface area contributed by atoms with Gasteiger partial charge in [0, 0.05) is 6.04 Å². The maximum absolute atomic E-state index is 13.8. The second-order valence-electron chi connectivity index (χ2n) is 5.32. The Bertz CT molecular complexity index is 623. The summed E-state index contributed by atoms with van der Waals surface area (Å²) >= 11 is 0. The van der Waals surface area contributed by atoms with Gasteiger partial charge >= 0.3 is 0 Å². The Hall–Kier alpha value is -1.74. The lowest BCUT2D eigenvalue weighted by Crippen LogP contribution is -2.20. The fraction of sp³-hybridized carbons (Fsp3) is 0.333. The van der Waals surface area contributed by atoms with Crippen LogP contribution in [0.2, 0.25) is 0 Å². The fourth-order valence-corrected chi connectivity index (χ4v) is 2.51. The molecule has 1 unspecified atom stereocenters. The van der Waals surface area contributed by atoms with E-state index in [1.165, 1.54) is 18.2 Å². The van der Waals surface area contributed by atoms with E-state index in [1.807, 2.05) is 13.0 Å². The molecule has 0 heterocycles. The summed E-state index contributed by atoms with van der Waals surface area (Å²) in [7, 11) is 0. The second-order valence-corrected chi connectivity index (χ2v) is 5.32. The Balaban J connectivity index is 2.51. The standard InChI is InChI=1S/C18H21F2N/c1-4-10-21-13(3)16-9-8-14(19)11-17(16)15-6-5-7-18(20)12(15)2/h5-9,11,13,21H,4,10H2,1-3H3. The third kappa shape index (κ3) is 3.48. The van der Waals surface area contributed by atoms with Crippen LogP contribution in [-0.4, -0.2) is 6.54 Å². The van der Waals surface area contributed by atoms with Crippen LogP contribution < -0.4 is 5.32 Å². The van der Waals surface area contributed by atoms with Crippen molar-refractivity contribution in [1.29, 1.82) is 0 Å². The predicted molar refractivity (Wildman–Crippen MR) is 83.2 cm³/mol. The highest BCUT2D eigenvalue weighted by Gasteiger charge is 2.15. The minimum Gasteiger partial charge on any atom is -0.310 e. The smallest absolute Gasteiger partial charge is 0.126 e. The molecule has 0 saturated carbocycles. The Kier molecular flexibility index (Phi) is 5.07. The molecule has 0 amide bonds. The van der Waals surface area contributed by atoms with Crippen molar-refractivity contribution in [2.45, 2.75) is 33.2 Å². The predicted octanol–water partition coefficient (Wildman–Crippen LogP) is 5.00. The molecule has 0 bridgehead atoms. The van der Waals surface area contributed by atoms with Gasteiger partial charge in [-0.2, -0.15) is 0 Å². The van der Waals surface area contributed by atoms with E-state index in [9.17, 15) is 8.78 Å². The highest BCUT2D eigenvalue weighted by molar-refractivity contribution is 5.71. The topological polar surface area (TPSA) is 12.0 Å². The lowest BCUT2D eigenvalue weighted by Gasteiger charge is -2.19. The van der Waals surface area contributed by atoms with Crippen LogP contribution in [-0.2, 0) is 0 Å². The molecule has 21 heavy (non-hydrogen) atoms. The van der Waals surface area contributed by atoms with Crippen LogP contribution in [0, 0.1) is 18.6 Å². The molecular formula is C18H21F2N. The minimum absolute atomic E-state index is 0.0863. The zero-order chi connectivity index (χ0) is 15.4. The molecule has 0 fully saturated rings. The first kappa shape index (κ1) is 15.6. The van der Waals surface area contributed by atoms with Crippen LogP contribution in [0.3, 0.4) is 0 Å². The number of hydrogen-bond acceptors (Lipinski definition) is 1. The highest BCUT2D eigenvalue weighted by atomic mass is 19.1. The molecule has 3 heteroatoms. The van der Waals surface area contributed by atoms with Crippen molar-refractivity contribution < 1.29 is 8.78 Å². The molecule has 0 saturated heterocycles. The molecule has 0 spiro atoms. The van der Waals surface area contributed by atoms with E-state index in [2.05, 4.69) is 12.2 Å². The first-order chi connectivity index (χ1) is 10.0. The normalized spacial score (nSPS) is 12.4. The first-order valence-corrected chi connectivity index (χ1v) is 7.33. The van der Waals surface area contributed by atoms with Crippen molar-refractivity contribution in [1.82, 2.24) is 5.32 Å². The van der Waals surface area contributed by atoms with Crippen molar-refractivity contribution in [3.8, 4) is 11.1 Å². The summed E-state index contributed by atoms with van der Waals surface area (Å²) in [6, 6.07) is 9.74. The van der Waals surface area contributed by atoms with E-state index in [0.29, 0.717) is 5.56 Å². The van der Waals surface area contributed by atoms with Gasteiger partial charge in [0.2, 0.25) is 0 Å². The van der Waals surface area contributed by atoms with Crippen molar-refractivity contribution in [2.24, 2.45) is 0 Å². The molecule has 1 N–H and O–H groups in total. The fourth-order valence-electron chi connectivity index (χ4n) is 2.51. The first-order valence-electron chi connectivity index (χ1n) is 7.33. The molecule has 0 aliphatic carbocycles. The maximum atomic E-state index is 13.8. The molecule has 0 aromatic heterocycles. The molecule has 2 aromatic carbocycles. The Morgan fingerprint density at radius 3 is 2.57 bits per heavy atom. The number of rotatable bonds is 5. The summed E-state index contributed by atoms with van der Waals surface area (Å²) in [5.74, 6) is -0.572. The SMILES string of the molecule is CCCNC(C)c1ccc(F)cc1-c1cccc(F)c1C. The molecule has 2 rings (SSSR count). The van der Waals surface area contributed by atoms with Crippen molar-refractivity contribution >= 4 is 0 Å². The third-order valence-electron chi connectivity index (χ3n) is 3.74. The molecule has 1 atom stereocenters. The zero-order valence-corrected chi connectivity index (χ0v) is 12.7. The van der Waals surface area contributed by atoms with Gasteiger partial charge < -0.3 is 5.32 Å². The average molecular weight is 289 g/mol. The largest absolute Gasteiger partial charge is 0.310 e. The molecule has 2 aromatic rings. The van der Waals surface area contributed by atoms with Gasteiger partial charge in [-0.1, -0.05) is 25.1 Å². The molecule has 0 aliphatic heterocycles. The second kappa shape index (κ2) is 6.81. The maximum Gasteiger partial charge on any atom is 0.126 e. The van der Waals surface area contributed by atoms with Gasteiger partial charge in [-0.25, -0.2) is 8.78 Å². The van der Waals surface area contributed by atoms with E-state index in [1.54, 1.807) is 19.1 Å². The van der Waals surface area contributed by atoms with Gasteiger partial charge in [-0.05, 0) is 67.3 Å². The number of halogens is 2. The van der Waals surface area contributed by atoms with Gasteiger partial charge in [0.15, 0.2) is 0 Å². The van der Waals surface area contributed by atoms with Gasteiger partial charge in [-0.3, -0.25) is 0 Å². The average Bonchev–Trinajstić information content (AvgIpc) is 2.47. The summed E-state index contributed by atoms with van der Waals surface area (Å²) in [5.41, 5.74) is 3.03. The number of benzene rings is 2. The molecule has 0 aliphatic rings. The van der Waals surface area contributed by atoms with E-state index in [-0.39, 0.29) is 17.7 Å². The molecule has 1 nitrogen and oxygen atoms in total. The van der Waals surface area contributed by atoms with Crippen molar-refractivity contribution in [3.05, 3.63) is 59.2 Å². The van der Waals surface area contributed by atoms with Gasteiger partial charge in [0.1, 0.15) is 11.6 Å². The van der Waals surface area contributed by atoms with E-state index in [0.717, 1.165) is 29.7 Å². The lowest BCUT2D eigenvalue weighted by atomic mass is 9.92. The Labute approximate surface area is 125 Å². The third-order valence-corrected chi connectivity index (χ3v) is 3.74. The lowest BCUT2D eigenvalue weighted by molar-refractivity contribution is 0.568. The Morgan fingerprint density at radius 1 is 1.10 bits per heavy atom. The summed E-state index contributed by atoms with van der Waals surface area (Å²) < 4.78 is 27.5. The van der Waals surface area contributed by atoms with Crippen LogP contribution >= 0.6 is 0 Å². The monoisotopic (exact) mass is 289 g/mol. The Morgan fingerprint density at radius 2 is 1.86 bits per heavy atom. The van der Waals surface area contributed by atoms with Crippen LogP contribution in [0.1, 0.15) is 37.4 Å². The van der Waals surface area contributed by atoms with E-state index >= 15 is 0 Å². The van der Waals surface area contributed by atoms with Crippen LogP contribution in [0.5, 0.6) is 0 Å². The van der Waals surface area contributed by atoms with E-state index < -0.39 is 0 Å². The van der Waals surface area contributed by atoms with Gasteiger partial charge in [0.25, 0.3) is 0 Å². The van der Waals surface area contributed by atoms with Gasteiger partial charge in [-0.15, -0.1) is 0 Å². The molecule has 0 radical (unpaired) electrons. The van der Waals surface area contributed by atoms with Crippen molar-refractivity contribution in [2.75, 3.05) is 6.54 Å². The quantitative estimate of drug-likeness (QED) is 0.816. The van der Waals surface area contributed by atoms with E-state index in [4.69, 9.17) is 0 Å². The zero-order valence-electron chi connectivity index (χ0n) is 12.7. The van der Waals surface area contributed by atoms with Crippen molar-refractivity contribution in [3.63, 3.8) is 0 Å². The number of nitrogens with one attached hydrogen (secondary N) is 1. The minimum atomic E-state index is -0.305. The summed E-state index contributed by atoms with van der Waals surface area (Å²) in [4.78, 5) is 0. The highest BCUT2D eigenvalue weighted by Crippen LogP contribution is 2.32.